The number of aromatic hydroxyl groups is 2. The van der Waals surface area contributed by atoms with Gasteiger partial charge in [-0.25, -0.2) is 0 Å². The van der Waals surface area contributed by atoms with Gasteiger partial charge < -0.3 is 15.5 Å². The lowest BCUT2D eigenvalue weighted by Crippen LogP contribution is -2.12. The van der Waals surface area contributed by atoms with Crippen LogP contribution in [0.2, 0.25) is 0 Å². The molecular formula is C9H10N2O2. The number of nitrogens with one attached hydrogen (secondary N) is 1. The second kappa shape index (κ2) is 4.33. The van der Waals surface area contributed by atoms with E-state index < -0.39 is 0 Å². The monoisotopic (exact) mass is 178 g/mol. The molecule has 0 amide bonds. The maximum Gasteiger partial charge on any atom is 0.157 e. The molecule has 1 rings (SSSR count). The Morgan fingerprint density at radius 1 is 1.31 bits per heavy atom. The Kier molecular flexibility index (Phi) is 3.12. The van der Waals surface area contributed by atoms with E-state index in [4.69, 9.17) is 15.5 Å². The van der Waals surface area contributed by atoms with E-state index in [9.17, 15) is 0 Å². The van der Waals surface area contributed by atoms with Crippen molar-refractivity contribution in [2.75, 3.05) is 6.54 Å². The standard InChI is InChI=1S/C9H10N2O2/c10-3-4-11-6-7-1-2-8(12)9(13)5-7/h1-2,5,11-13H,4,6H2. The van der Waals surface area contributed by atoms with Crippen molar-refractivity contribution >= 4 is 0 Å². The normalized spacial score (nSPS) is 9.46. The van der Waals surface area contributed by atoms with Crippen LogP contribution in [-0.2, 0) is 6.54 Å². The molecule has 0 saturated heterocycles. The van der Waals surface area contributed by atoms with Crippen molar-refractivity contribution in [3.8, 4) is 17.6 Å². The summed E-state index contributed by atoms with van der Waals surface area (Å²) in [5, 5.41) is 29.2. The maximum atomic E-state index is 9.11. The van der Waals surface area contributed by atoms with Crippen LogP contribution < -0.4 is 5.32 Å². The Morgan fingerprint density at radius 3 is 2.69 bits per heavy atom. The molecule has 0 aromatic heterocycles. The molecule has 0 fully saturated rings. The molecule has 4 nitrogen and oxygen atoms in total. The minimum atomic E-state index is -0.142. The Morgan fingerprint density at radius 2 is 2.08 bits per heavy atom. The van der Waals surface area contributed by atoms with Crippen molar-refractivity contribution in [1.29, 1.82) is 5.26 Å². The van der Waals surface area contributed by atoms with Crippen molar-refractivity contribution in [2.45, 2.75) is 6.54 Å². The Bertz CT molecular complexity index is 331. The van der Waals surface area contributed by atoms with Gasteiger partial charge in [-0.2, -0.15) is 5.26 Å². The summed E-state index contributed by atoms with van der Waals surface area (Å²) in [7, 11) is 0. The van der Waals surface area contributed by atoms with Crippen LogP contribution >= 0.6 is 0 Å². The Hall–Kier alpha value is -1.73. The van der Waals surface area contributed by atoms with Gasteiger partial charge in [0.05, 0.1) is 12.6 Å². The lowest BCUT2D eigenvalue weighted by molar-refractivity contribution is 0.403. The van der Waals surface area contributed by atoms with Crippen LogP contribution in [-0.4, -0.2) is 16.8 Å². The fourth-order valence-electron chi connectivity index (χ4n) is 0.942. The minimum Gasteiger partial charge on any atom is -0.504 e. The molecule has 1 aromatic rings. The van der Waals surface area contributed by atoms with E-state index in [-0.39, 0.29) is 18.0 Å². The highest BCUT2D eigenvalue weighted by atomic mass is 16.3. The van der Waals surface area contributed by atoms with Gasteiger partial charge in [0.15, 0.2) is 11.5 Å². The smallest absolute Gasteiger partial charge is 0.157 e. The number of hydrogen-bond donors (Lipinski definition) is 3. The van der Waals surface area contributed by atoms with Crippen LogP contribution in [0.15, 0.2) is 18.2 Å². The molecule has 0 heterocycles. The molecule has 0 atom stereocenters. The summed E-state index contributed by atoms with van der Waals surface area (Å²) in [4.78, 5) is 0. The first-order chi connectivity index (χ1) is 6.24. The van der Waals surface area contributed by atoms with Crippen LogP contribution in [0, 0.1) is 11.3 Å². The van der Waals surface area contributed by atoms with Crippen LogP contribution in [0.3, 0.4) is 0 Å². The predicted molar refractivity (Wildman–Crippen MR) is 47.1 cm³/mol. The molecule has 1 aromatic carbocycles. The van der Waals surface area contributed by atoms with E-state index >= 15 is 0 Å². The number of phenols is 2. The van der Waals surface area contributed by atoms with E-state index in [1.54, 1.807) is 6.07 Å². The van der Waals surface area contributed by atoms with E-state index in [2.05, 4.69) is 5.32 Å². The van der Waals surface area contributed by atoms with Gasteiger partial charge in [-0.15, -0.1) is 0 Å². The second-order valence-corrected chi connectivity index (χ2v) is 2.58. The molecule has 0 aliphatic carbocycles. The van der Waals surface area contributed by atoms with Crippen molar-refractivity contribution in [2.24, 2.45) is 0 Å². The number of nitriles is 1. The third kappa shape index (κ3) is 2.65. The molecule has 0 bridgehead atoms. The first-order valence-corrected chi connectivity index (χ1v) is 3.82. The van der Waals surface area contributed by atoms with Crippen molar-refractivity contribution in [3.05, 3.63) is 23.8 Å². The van der Waals surface area contributed by atoms with Gasteiger partial charge in [-0.05, 0) is 17.7 Å². The molecule has 13 heavy (non-hydrogen) atoms. The highest BCUT2D eigenvalue weighted by Crippen LogP contribution is 2.24. The van der Waals surface area contributed by atoms with Gasteiger partial charge >= 0.3 is 0 Å². The number of hydrogen-bond acceptors (Lipinski definition) is 4. The number of rotatable bonds is 3. The molecule has 0 aliphatic rings. The van der Waals surface area contributed by atoms with Crippen LogP contribution in [0.25, 0.3) is 0 Å². The van der Waals surface area contributed by atoms with E-state index in [1.807, 2.05) is 6.07 Å². The van der Waals surface area contributed by atoms with Crippen molar-refractivity contribution in [1.82, 2.24) is 5.32 Å². The molecular weight excluding hydrogens is 168 g/mol. The van der Waals surface area contributed by atoms with Gasteiger partial charge in [0, 0.05) is 6.54 Å². The summed E-state index contributed by atoms with van der Waals surface area (Å²) in [5.41, 5.74) is 0.825. The average molecular weight is 178 g/mol. The zero-order chi connectivity index (χ0) is 9.68. The SMILES string of the molecule is N#CCNCc1ccc(O)c(O)c1. The summed E-state index contributed by atoms with van der Waals surface area (Å²) < 4.78 is 0. The van der Waals surface area contributed by atoms with Crippen LogP contribution in [0.1, 0.15) is 5.56 Å². The summed E-state index contributed by atoms with van der Waals surface area (Å²) >= 11 is 0. The van der Waals surface area contributed by atoms with Gasteiger partial charge in [-0.3, -0.25) is 0 Å². The lowest BCUT2D eigenvalue weighted by atomic mass is 10.2. The molecule has 0 saturated carbocycles. The summed E-state index contributed by atoms with van der Waals surface area (Å²) in [6.45, 7) is 0.767. The number of nitrogens with zero attached hydrogens (tertiary/aromatic N) is 1. The third-order valence-electron chi connectivity index (χ3n) is 1.57. The number of phenolic OH excluding ortho intramolecular Hbond substituents is 2. The summed E-state index contributed by atoms with van der Waals surface area (Å²) in [5.74, 6) is -0.278. The predicted octanol–water partition coefficient (Wildman–Crippen LogP) is 0.711. The Labute approximate surface area is 76.1 Å². The van der Waals surface area contributed by atoms with Crippen LogP contribution in [0.4, 0.5) is 0 Å². The molecule has 0 spiro atoms. The van der Waals surface area contributed by atoms with Crippen molar-refractivity contribution < 1.29 is 10.2 Å². The molecule has 4 heteroatoms. The van der Waals surface area contributed by atoms with Gasteiger partial charge in [0.25, 0.3) is 0 Å². The molecule has 0 unspecified atom stereocenters. The van der Waals surface area contributed by atoms with E-state index in [1.165, 1.54) is 12.1 Å². The Balaban J connectivity index is 2.59. The van der Waals surface area contributed by atoms with Crippen LogP contribution in [0.5, 0.6) is 11.5 Å². The minimum absolute atomic E-state index is 0.135. The highest BCUT2D eigenvalue weighted by molar-refractivity contribution is 5.40. The first-order valence-electron chi connectivity index (χ1n) is 3.82. The summed E-state index contributed by atoms with van der Waals surface area (Å²) in [6, 6.07) is 6.49. The maximum absolute atomic E-state index is 9.11. The van der Waals surface area contributed by atoms with E-state index in [0.717, 1.165) is 5.56 Å². The second-order valence-electron chi connectivity index (χ2n) is 2.58. The largest absolute Gasteiger partial charge is 0.504 e. The molecule has 3 N–H and O–H groups in total. The zero-order valence-electron chi connectivity index (χ0n) is 6.99. The zero-order valence-corrected chi connectivity index (χ0v) is 6.99. The lowest BCUT2D eigenvalue weighted by Gasteiger charge is -2.02. The average Bonchev–Trinajstić information content (AvgIpc) is 2.12. The third-order valence-corrected chi connectivity index (χ3v) is 1.57. The quantitative estimate of drug-likeness (QED) is 0.362. The molecule has 0 aliphatic heterocycles. The van der Waals surface area contributed by atoms with Gasteiger partial charge in [-0.1, -0.05) is 6.07 Å². The van der Waals surface area contributed by atoms with E-state index in [0.29, 0.717) is 6.54 Å². The van der Waals surface area contributed by atoms with Gasteiger partial charge in [0.1, 0.15) is 0 Å². The van der Waals surface area contributed by atoms with Crippen molar-refractivity contribution in [3.63, 3.8) is 0 Å². The highest BCUT2D eigenvalue weighted by Gasteiger charge is 1.99. The number of benzene rings is 1. The first kappa shape index (κ1) is 9.36. The fraction of sp³-hybridized carbons (Fsp3) is 0.222. The fourth-order valence-corrected chi connectivity index (χ4v) is 0.942. The summed E-state index contributed by atoms with van der Waals surface area (Å²) in [6.07, 6.45) is 0. The molecule has 0 radical (unpaired) electrons. The topological polar surface area (TPSA) is 76.3 Å². The molecule has 68 valence electrons. The van der Waals surface area contributed by atoms with Gasteiger partial charge in [0.2, 0.25) is 0 Å².